The van der Waals surface area contributed by atoms with Crippen molar-refractivity contribution in [1.82, 2.24) is 4.98 Å². The monoisotopic (exact) mass is 210 g/mol. The number of benzene rings is 1. The molecule has 2 heteroatoms. The number of aromatic nitrogens is 1. The van der Waals surface area contributed by atoms with Crippen LogP contribution in [0.1, 0.15) is 0 Å². The molecule has 0 saturated carbocycles. The Balaban J connectivity index is 0.000000144. The molecule has 1 nitrogen and oxygen atoms in total. The predicted molar refractivity (Wildman–Crippen MR) is 67.5 cm³/mol. The second-order valence-corrected chi connectivity index (χ2v) is 4.35. The summed E-state index contributed by atoms with van der Waals surface area (Å²) in [4.78, 5) is 4.18. The van der Waals surface area contributed by atoms with Crippen LogP contribution in [0.25, 0.3) is 10.9 Å². The molecule has 15 heavy (non-hydrogen) atoms. The van der Waals surface area contributed by atoms with Crippen molar-refractivity contribution in [2.24, 2.45) is 0 Å². The van der Waals surface area contributed by atoms with E-state index in [4.69, 9.17) is 0 Å². The third-order valence-electron chi connectivity index (χ3n) is 2.10. The molecule has 3 rings (SSSR count). The summed E-state index contributed by atoms with van der Waals surface area (Å²) >= 11 is 0. The van der Waals surface area contributed by atoms with Crippen molar-refractivity contribution >= 4 is 25.7 Å². The molecule has 0 unspecified atom stereocenters. The van der Waals surface area contributed by atoms with Crippen LogP contribution in [-0.4, -0.2) is 19.8 Å². The minimum atomic E-state index is 1.06. The summed E-state index contributed by atoms with van der Waals surface area (Å²) in [6, 6.07) is 13.4. The predicted octanol–water partition coefficient (Wildman–Crippen LogP) is 2.72. The van der Waals surface area contributed by atoms with Crippen molar-refractivity contribution in [3.8, 4) is 0 Å². The van der Waals surface area contributed by atoms with Gasteiger partial charge in [0.15, 0.2) is 0 Å². The Kier molecular flexibility index (Phi) is 3.57. The number of fused-ring (bicyclic) bond motifs is 1. The average Bonchev–Trinajstić information content (AvgIpc) is 2.88. The Labute approximate surface area is 91.9 Å². The number of rotatable bonds is 0. The Hall–Kier alpha value is -1.54. The van der Waals surface area contributed by atoms with Gasteiger partial charge in [0, 0.05) is 20.7 Å². The summed E-state index contributed by atoms with van der Waals surface area (Å²) in [5.74, 6) is 0. The highest BCUT2D eigenvalue weighted by Crippen LogP contribution is 2.07. The lowest BCUT2D eigenvalue weighted by Crippen LogP contribution is -1.73. The van der Waals surface area contributed by atoms with Crippen LogP contribution >= 0.6 is 0 Å². The van der Waals surface area contributed by atoms with Crippen molar-refractivity contribution < 1.29 is 0 Å². The second-order valence-electron chi connectivity index (χ2n) is 3.20. The number of hydrogen-bond donors (Lipinski definition) is 0. The molecule has 0 spiro atoms. The van der Waals surface area contributed by atoms with Crippen LogP contribution < -0.4 is 0 Å². The molecule has 0 atom stereocenters. The molecule has 0 bridgehead atoms. The highest BCUT2D eigenvalue weighted by Gasteiger charge is 1.86. The molecule has 1 aliphatic heterocycles. The summed E-state index contributed by atoms with van der Waals surface area (Å²) in [5, 5.41) is 1.20. The van der Waals surface area contributed by atoms with Gasteiger partial charge in [0.05, 0.1) is 5.52 Å². The van der Waals surface area contributed by atoms with E-state index in [1.807, 2.05) is 30.5 Å². The Morgan fingerprint density at radius 3 is 2.60 bits per heavy atom. The molecule has 0 N–H and O–H groups in total. The van der Waals surface area contributed by atoms with Crippen molar-refractivity contribution in [3.05, 3.63) is 54.7 Å². The van der Waals surface area contributed by atoms with Gasteiger partial charge < -0.3 is 0 Å². The molecule has 0 aliphatic carbocycles. The molecule has 1 aliphatic rings. The zero-order valence-electron chi connectivity index (χ0n) is 8.43. The number of nitrogens with zero attached hydrogens (tertiary/aromatic N) is 1. The van der Waals surface area contributed by atoms with E-state index >= 15 is 0 Å². The summed E-state index contributed by atoms with van der Waals surface area (Å²) in [7, 11) is 1.07. The fourth-order valence-electron chi connectivity index (χ4n) is 1.36. The topological polar surface area (TPSA) is 12.9 Å². The molecule has 2 aromatic rings. The summed E-state index contributed by atoms with van der Waals surface area (Å²) in [6.45, 7) is 0. The van der Waals surface area contributed by atoms with E-state index in [0.717, 1.165) is 14.6 Å². The quantitative estimate of drug-likeness (QED) is 0.609. The van der Waals surface area contributed by atoms with Gasteiger partial charge in [-0.05, 0) is 18.2 Å². The Morgan fingerprint density at radius 1 is 1.07 bits per heavy atom. The van der Waals surface area contributed by atoms with E-state index in [2.05, 4.69) is 34.9 Å². The minimum Gasteiger partial charge on any atom is -0.256 e. The van der Waals surface area contributed by atoms with Crippen molar-refractivity contribution in [1.29, 1.82) is 0 Å². The molecule has 1 aromatic carbocycles. The van der Waals surface area contributed by atoms with Gasteiger partial charge in [0.1, 0.15) is 0 Å². The number of allylic oxidation sites excluding steroid dienone is 2. The van der Waals surface area contributed by atoms with Gasteiger partial charge in [-0.25, -0.2) is 0 Å². The van der Waals surface area contributed by atoms with Crippen molar-refractivity contribution in [2.45, 2.75) is 6.04 Å². The average molecular weight is 210 g/mol. The van der Waals surface area contributed by atoms with Crippen LogP contribution in [0.4, 0.5) is 0 Å². The lowest BCUT2D eigenvalue weighted by molar-refractivity contribution is 1.41. The molecular formula is C13H12NSi. The molecule has 73 valence electrons. The number of para-hydroxylation sites is 1. The van der Waals surface area contributed by atoms with Crippen LogP contribution in [0.3, 0.4) is 0 Å². The molecule has 1 radical (unpaired) electrons. The van der Waals surface area contributed by atoms with Crippen molar-refractivity contribution in [2.75, 3.05) is 0 Å². The van der Waals surface area contributed by atoms with E-state index in [0.29, 0.717) is 0 Å². The highest BCUT2D eigenvalue weighted by molar-refractivity contribution is 6.51. The van der Waals surface area contributed by atoms with Crippen LogP contribution in [0.2, 0.25) is 6.04 Å². The third kappa shape index (κ3) is 2.96. The van der Waals surface area contributed by atoms with Gasteiger partial charge >= 0.3 is 0 Å². The van der Waals surface area contributed by atoms with Gasteiger partial charge in [0.25, 0.3) is 0 Å². The van der Waals surface area contributed by atoms with Crippen LogP contribution in [0.5, 0.6) is 0 Å². The van der Waals surface area contributed by atoms with Crippen LogP contribution in [0.15, 0.2) is 54.7 Å². The molecule has 0 amide bonds. The fourth-order valence-corrected chi connectivity index (χ4v) is 2.04. The Morgan fingerprint density at radius 2 is 1.93 bits per heavy atom. The fraction of sp³-hybridized carbons (Fsp3) is 0.0769. The third-order valence-corrected chi connectivity index (χ3v) is 3.00. The standard InChI is InChI=1S/C9H7N.C4H5Si/c1-2-6-9-8(4-1)5-3-7-10-9;1-2-4-5-3-1/h1-7H;1-3H,4H2. The maximum absolute atomic E-state index is 4.18. The second kappa shape index (κ2) is 5.37. The zero-order valence-corrected chi connectivity index (χ0v) is 9.43. The SMILES string of the molecule is C1=CC[Si]=C1.c1ccc2ncccc2c1. The molecular weight excluding hydrogens is 198 g/mol. The van der Waals surface area contributed by atoms with E-state index in [1.165, 1.54) is 11.4 Å². The first kappa shape index (κ1) is 9.99. The van der Waals surface area contributed by atoms with Gasteiger partial charge in [-0.15, -0.1) is 0 Å². The first-order valence-corrected chi connectivity index (χ1v) is 6.27. The minimum absolute atomic E-state index is 1.06. The Bertz CT molecular complexity index is 413. The van der Waals surface area contributed by atoms with Crippen LogP contribution in [-0.2, 0) is 0 Å². The largest absolute Gasteiger partial charge is 0.256 e. The van der Waals surface area contributed by atoms with Gasteiger partial charge in [0.2, 0.25) is 0 Å². The number of pyridine rings is 1. The first-order chi connectivity index (χ1) is 7.47. The first-order valence-electron chi connectivity index (χ1n) is 4.98. The van der Waals surface area contributed by atoms with Gasteiger partial charge in [-0.1, -0.05) is 42.1 Å². The molecule has 0 fully saturated rings. The van der Waals surface area contributed by atoms with E-state index in [9.17, 15) is 0 Å². The lowest BCUT2D eigenvalue weighted by Gasteiger charge is -1.91. The summed E-state index contributed by atoms with van der Waals surface area (Å²) < 4.78 is 0. The van der Waals surface area contributed by atoms with Crippen molar-refractivity contribution in [3.63, 3.8) is 0 Å². The summed E-state index contributed by atoms with van der Waals surface area (Å²) in [5.41, 5.74) is 3.27. The maximum atomic E-state index is 4.18. The van der Waals surface area contributed by atoms with Crippen LogP contribution in [0, 0.1) is 0 Å². The smallest absolute Gasteiger partial charge is 0.0701 e. The molecule has 2 heterocycles. The normalized spacial score (nSPS) is 12.5. The number of hydrogen-bond acceptors (Lipinski definition) is 1. The van der Waals surface area contributed by atoms with E-state index in [-0.39, 0.29) is 0 Å². The summed E-state index contributed by atoms with van der Waals surface area (Å²) in [6.07, 6.45) is 6.12. The lowest BCUT2D eigenvalue weighted by atomic mass is 10.2. The molecule has 1 aromatic heterocycles. The van der Waals surface area contributed by atoms with Gasteiger partial charge in [-0.3, -0.25) is 4.98 Å². The molecule has 0 saturated heterocycles. The highest BCUT2D eigenvalue weighted by atomic mass is 28.2. The zero-order chi connectivity index (χ0) is 10.3. The van der Waals surface area contributed by atoms with Gasteiger partial charge in [-0.2, -0.15) is 0 Å². The maximum Gasteiger partial charge on any atom is 0.0701 e. The van der Waals surface area contributed by atoms with E-state index < -0.39 is 0 Å². The van der Waals surface area contributed by atoms with E-state index in [1.54, 1.807) is 0 Å².